The van der Waals surface area contributed by atoms with Gasteiger partial charge in [-0.1, -0.05) is 18.2 Å². The molecule has 11 nitrogen and oxygen atoms in total. The summed E-state index contributed by atoms with van der Waals surface area (Å²) in [6.45, 7) is 1.09. The highest BCUT2D eigenvalue weighted by molar-refractivity contribution is 6.03. The predicted octanol–water partition coefficient (Wildman–Crippen LogP) is 0.681. The first-order chi connectivity index (χ1) is 15.8. The molecule has 0 bridgehead atoms. The number of amides is 1. The molecule has 176 valence electrons. The van der Waals surface area contributed by atoms with E-state index in [9.17, 15) is 24.3 Å². The number of anilines is 1. The van der Waals surface area contributed by atoms with Gasteiger partial charge < -0.3 is 29.4 Å². The Morgan fingerprint density at radius 1 is 1.18 bits per heavy atom. The second kappa shape index (κ2) is 10.9. The van der Waals surface area contributed by atoms with Gasteiger partial charge in [-0.3, -0.25) is 14.2 Å². The van der Waals surface area contributed by atoms with Gasteiger partial charge >= 0.3 is 11.7 Å². The summed E-state index contributed by atoms with van der Waals surface area (Å²) in [6.07, 6.45) is -2.77. The molecular weight excluding hydrogens is 434 g/mol. The van der Waals surface area contributed by atoms with Crippen molar-refractivity contribution in [2.75, 3.05) is 19.0 Å². The van der Waals surface area contributed by atoms with E-state index in [0.717, 1.165) is 4.57 Å². The molecule has 0 saturated carbocycles. The topological polar surface area (TPSA) is 146 Å². The lowest BCUT2D eigenvalue weighted by Gasteiger charge is -2.20. The van der Waals surface area contributed by atoms with Gasteiger partial charge in [0, 0.05) is 25.3 Å². The van der Waals surface area contributed by atoms with Crippen LogP contribution in [0.4, 0.5) is 5.82 Å². The van der Waals surface area contributed by atoms with E-state index in [-0.39, 0.29) is 31.0 Å². The van der Waals surface area contributed by atoms with Crippen LogP contribution in [0.15, 0.2) is 47.4 Å². The number of nitrogens with one attached hydrogen (secondary N) is 1. The molecule has 1 amide bonds. The van der Waals surface area contributed by atoms with Crippen molar-refractivity contribution in [1.29, 1.82) is 0 Å². The molecule has 2 N–H and O–H groups in total. The smallest absolute Gasteiger partial charge is 0.351 e. The molecule has 1 aromatic heterocycles. The maximum Gasteiger partial charge on any atom is 0.351 e. The van der Waals surface area contributed by atoms with Crippen LogP contribution in [0.3, 0.4) is 0 Å². The largest absolute Gasteiger partial charge is 0.463 e. The molecular formula is C22H25N3O8. The van der Waals surface area contributed by atoms with Gasteiger partial charge in [-0.25, -0.2) is 4.79 Å². The fraction of sp³-hybridized carbons (Fsp3) is 0.409. The molecule has 1 aromatic carbocycles. The minimum Gasteiger partial charge on any atom is -0.463 e. The maximum atomic E-state index is 12.6. The van der Waals surface area contributed by atoms with E-state index >= 15 is 0 Å². The number of aliphatic hydroxyl groups is 1. The summed E-state index contributed by atoms with van der Waals surface area (Å²) in [5.74, 6) is -1.11. The normalized spacial score (nSPS) is 22.0. The van der Waals surface area contributed by atoms with Crippen molar-refractivity contribution < 1.29 is 33.7 Å². The van der Waals surface area contributed by atoms with Crippen LogP contribution in [0.1, 0.15) is 36.4 Å². The zero-order valence-electron chi connectivity index (χ0n) is 18.2. The van der Waals surface area contributed by atoms with Crippen molar-refractivity contribution in [2.45, 2.75) is 44.3 Å². The monoisotopic (exact) mass is 459 g/mol. The van der Waals surface area contributed by atoms with Gasteiger partial charge in [-0.2, -0.15) is 4.98 Å². The van der Waals surface area contributed by atoms with Crippen LogP contribution < -0.4 is 11.0 Å². The van der Waals surface area contributed by atoms with E-state index in [1.165, 1.54) is 26.3 Å². The van der Waals surface area contributed by atoms with Gasteiger partial charge in [0.2, 0.25) is 0 Å². The number of esters is 1. The summed E-state index contributed by atoms with van der Waals surface area (Å²) < 4.78 is 17.2. The molecule has 1 aliphatic rings. The van der Waals surface area contributed by atoms with Crippen LogP contribution >= 0.6 is 0 Å². The van der Waals surface area contributed by atoms with Crippen LogP contribution in [0, 0.1) is 0 Å². The molecule has 0 aliphatic carbocycles. The first kappa shape index (κ1) is 24.2. The van der Waals surface area contributed by atoms with Crippen LogP contribution in [0.25, 0.3) is 0 Å². The van der Waals surface area contributed by atoms with Gasteiger partial charge in [0.1, 0.15) is 36.5 Å². The van der Waals surface area contributed by atoms with Crippen molar-refractivity contribution in [2.24, 2.45) is 0 Å². The zero-order chi connectivity index (χ0) is 24.0. The molecule has 11 heteroatoms. The number of benzene rings is 1. The summed E-state index contributed by atoms with van der Waals surface area (Å²) in [5, 5.41) is 13.1. The summed E-state index contributed by atoms with van der Waals surface area (Å²) in [5.41, 5.74) is -0.329. The Balaban J connectivity index is 1.67. The fourth-order valence-corrected chi connectivity index (χ4v) is 3.31. The number of Topliss-reactive ketones (excluding diaryl/α,β-unsaturated/α-hetero) is 1. The number of rotatable bonds is 9. The number of methoxy groups -OCH3 is 1. The fourth-order valence-electron chi connectivity index (χ4n) is 3.31. The second-order valence-electron chi connectivity index (χ2n) is 7.46. The van der Waals surface area contributed by atoms with Crippen molar-refractivity contribution in [3.05, 3.63) is 58.6 Å². The number of nitrogens with zero attached hydrogens (tertiary/aromatic N) is 2. The van der Waals surface area contributed by atoms with Gasteiger partial charge in [-0.15, -0.1) is 0 Å². The molecule has 1 aliphatic heterocycles. The number of ether oxygens (including phenoxy) is 3. The first-order valence-corrected chi connectivity index (χ1v) is 10.3. The van der Waals surface area contributed by atoms with Crippen molar-refractivity contribution in [1.82, 2.24) is 9.55 Å². The lowest BCUT2D eigenvalue weighted by molar-refractivity contribution is -0.151. The lowest BCUT2D eigenvalue weighted by atomic mass is 10.1. The van der Waals surface area contributed by atoms with Crippen LogP contribution in [-0.4, -0.2) is 64.3 Å². The molecule has 4 atom stereocenters. The Kier molecular flexibility index (Phi) is 8.04. The molecule has 1 fully saturated rings. The molecule has 0 unspecified atom stereocenters. The number of aromatic nitrogens is 2. The summed E-state index contributed by atoms with van der Waals surface area (Å²) in [7, 11) is 1.35. The Labute approximate surface area is 189 Å². The van der Waals surface area contributed by atoms with E-state index in [1.807, 2.05) is 0 Å². The van der Waals surface area contributed by atoms with Crippen molar-refractivity contribution in [3.8, 4) is 0 Å². The highest BCUT2D eigenvalue weighted by Gasteiger charge is 2.46. The average Bonchev–Trinajstić information content (AvgIpc) is 3.11. The minimum atomic E-state index is -1.19. The summed E-state index contributed by atoms with van der Waals surface area (Å²) in [6, 6.07) is 9.87. The third kappa shape index (κ3) is 6.09. The Bertz CT molecular complexity index is 1060. The predicted molar refractivity (Wildman–Crippen MR) is 114 cm³/mol. The molecule has 3 rings (SSSR count). The first-order valence-electron chi connectivity index (χ1n) is 10.3. The minimum absolute atomic E-state index is 0.0496. The van der Waals surface area contributed by atoms with Gasteiger partial charge in [0.05, 0.1) is 6.42 Å². The molecule has 33 heavy (non-hydrogen) atoms. The molecule has 1 saturated heterocycles. The van der Waals surface area contributed by atoms with Gasteiger partial charge in [0.15, 0.2) is 6.23 Å². The van der Waals surface area contributed by atoms with Gasteiger partial charge in [-0.05, 0) is 25.1 Å². The average molecular weight is 459 g/mol. The summed E-state index contributed by atoms with van der Waals surface area (Å²) in [4.78, 5) is 51.5. The maximum absolute atomic E-state index is 12.6. The van der Waals surface area contributed by atoms with E-state index in [2.05, 4.69) is 10.3 Å². The quantitative estimate of drug-likeness (QED) is 0.517. The molecule has 2 heterocycles. The highest BCUT2D eigenvalue weighted by atomic mass is 16.6. The van der Waals surface area contributed by atoms with E-state index in [1.54, 1.807) is 30.3 Å². The SMILES string of the molecule is CO[C@@H]1[C@H](O)[C@@H](COC(=O)CCC(C)=O)O[C@H]1n1ccc(NC(=O)c2ccccc2)nc1=O. The zero-order valence-corrected chi connectivity index (χ0v) is 18.2. The number of carbonyl (C=O) groups is 3. The number of aliphatic hydroxyl groups excluding tert-OH is 1. The second-order valence-corrected chi connectivity index (χ2v) is 7.46. The Morgan fingerprint density at radius 2 is 1.91 bits per heavy atom. The summed E-state index contributed by atoms with van der Waals surface area (Å²) >= 11 is 0. The lowest BCUT2D eigenvalue weighted by Crippen LogP contribution is -2.37. The van der Waals surface area contributed by atoms with Crippen molar-refractivity contribution in [3.63, 3.8) is 0 Å². The van der Waals surface area contributed by atoms with Crippen LogP contribution in [0.5, 0.6) is 0 Å². The number of carbonyl (C=O) groups excluding carboxylic acids is 3. The van der Waals surface area contributed by atoms with E-state index in [0.29, 0.717) is 5.56 Å². The Morgan fingerprint density at radius 3 is 2.55 bits per heavy atom. The van der Waals surface area contributed by atoms with Gasteiger partial charge in [0.25, 0.3) is 5.91 Å². The molecule has 2 aromatic rings. The third-order valence-electron chi connectivity index (χ3n) is 5.06. The number of ketones is 1. The van der Waals surface area contributed by atoms with E-state index in [4.69, 9.17) is 14.2 Å². The van der Waals surface area contributed by atoms with Crippen molar-refractivity contribution >= 4 is 23.5 Å². The third-order valence-corrected chi connectivity index (χ3v) is 5.06. The van der Waals surface area contributed by atoms with E-state index < -0.39 is 42.1 Å². The standard InChI is InChI=1S/C22H25N3O8/c1-13(26)8-9-17(27)32-12-15-18(28)19(31-2)21(33-15)25-11-10-16(24-22(25)30)23-20(29)14-6-4-3-5-7-14/h3-7,10-11,15,18-19,21,28H,8-9,12H2,1-2H3,(H,23,24,29,30)/t15-,18-,19-,21-/m1/s1. The number of hydrogen-bond donors (Lipinski definition) is 2. The van der Waals surface area contributed by atoms with Crippen LogP contribution in [-0.2, 0) is 23.8 Å². The molecule has 0 spiro atoms. The molecule has 0 radical (unpaired) electrons. The van der Waals surface area contributed by atoms with Crippen LogP contribution in [0.2, 0.25) is 0 Å². The number of hydrogen-bond acceptors (Lipinski definition) is 9. The Hall–Kier alpha value is -3.41. The highest BCUT2D eigenvalue weighted by Crippen LogP contribution is 2.30.